The number of rotatable bonds is 7. The van der Waals surface area contributed by atoms with Gasteiger partial charge in [0.1, 0.15) is 0 Å². The van der Waals surface area contributed by atoms with E-state index in [0.29, 0.717) is 5.56 Å². The van der Waals surface area contributed by atoms with Gasteiger partial charge in [-0.15, -0.1) is 0 Å². The van der Waals surface area contributed by atoms with Gasteiger partial charge in [0.25, 0.3) is 5.91 Å². The molecule has 5 heteroatoms. The Kier molecular flexibility index (Phi) is 6.30. The second-order valence-corrected chi connectivity index (χ2v) is 7.98. The molecule has 4 rings (SSSR count). The number of hydrogen-bond donors (Lipinski definition) is 1. The Bertz CT molecular complexity index is 1050. The predicted octanol–water partition coefficient (Wildman–Crippen LogP) is 5.23. The lowest BCUT2D eigenvalue weighted by molar-refractivity contribution is 0.0943. The summed E-state index contributed by atoms with van der Waals surface area (Å²) in [5.41, 5.74) is 3.92. The average molecular weight is 414 g/mol. The third-order valence-electron chi connectivity index (χ3n) is 4.90. The molecule has 0 radical (unpaired) electrons. The van der Waals surface area contributed by atoms with E-state index in [0.717, 1.165) is 27.6 Å². The minimum Gasteiger partial charge on any atom is -0.341 e. The summed E-state index contributed by atoms with van der Waals surface area (Å²) in [6.45, 7) is 0. The zero-order chi connectivity index (χ0) is 20.8. The predicted molar refractivity (Wildman–Crippen MR) is 121 cm³/mol. The van der Waals surface area contributed by atoms with Crippen LogP contribution in [0.1, 0.15) is 33.1 Å². The molecule has 1 aromatic heterocycles. The molecule has 4 nitrogen and oxygen atoms in total. The molecule has 0 atom stereocenters. The van der Waals surface area contributed by atoms with Crippen LogP contribution >= 0.6 is 11.8 Å². The molecule has 0 saturated carbocycles. The normalized spacial score (nSPS) is 10.9. The van der Waals surface area contributed by atoms with Gasteiger partial charge in [-0.05, 0) is 28.8 Å². The maximum atomic E-state index is 13.0. The molecule has 0 bridgehead atoms. The van der Waals surface area contributed by atoms with Crippen molar-refractivity contribution in [2.24, 2.45) is 7.05 Å². The lowest BCUT2D eigenvalue weighted by Crippen LogP contribution is -2.29. The summed E-state index contributed by atoms with van der Waals surface area (Å²) >= 11 is 1.68. The first kappa shape index (κ1) is 20.0. The molecule has 0 unspecified atom stereocenters. The van der Waals surface area contributed by atoms with Crippen molar-refractivity contribution in [3.8, 4) is 0 Å². The van der Waals surface area contributed by atoms with Crippen LogP contribution in [0, 0.1) is 0 Å². The van der Waals surface area contributed by atoms with Crippen molar-refractivity contribution in [3.63, 3.8) is 0 Å². The van der Waals surface area contributed by atoms with Gasteiger partial charge in [0, 0.05) is 30.8 Å². The van der Waals surface area contributed by atoms with E-state index in [2.05, 4.69) is 10.3 Å². The lowest BCUT2D eigenvalue weighted by atomic mass is 9.98. The van der Waals surface area contributed by atoms with Crippen molar-refractivity contribution < 1.29 is 4.79 Å². The number of nitrogens with zero attached hydrogens (tertiary/aromatic N) is 2. The van der Waals surface area contributed by atoms with Gasteiger partial charge in [-0.3, -0.25) is 4.79 Å². The quantitative estimate of drug-likeness (QED) is 0.422. The molecule has 1 heterocycles. The Balaban J connectivity index is 1.47. The fraction of sp³-hybridized carbons (Fsp3) is 0.120. The van der Waals surface area contributed by atoms with Gasteiger partial charge in [-0.2, -0.15) is 0 Å². The average Bonchev–Trinajstić information content (AvgIpc) is 3.22. The maximum absolute atomic E-state index is 13.0. The van der Waals surface area contributed by atoms with Crippen LogP contribution in [-0.4, -0.2) is 15.5 Å². The van der Waals surface area contributed by atoms with Crippen molar-refractivity contribution in [3.05, 3.63) is 120 Å². The van der Waals surface area contributed by atoms with Gasteiger partial charge in [0.15, 0.2) is 5.16 Å². The van der Waals surface area contributed by atoms with Crippen LogP contribution in [0.25, 0.3) is 0 Å². The third kappa shape index (κ3) is 4.81. The minimum absolute atomic E-state index is 0.0870. The summed E-state index contributed by atoms with van der Waals surface area (Å²) in [5.74, 6) is 0.722. The number of amides is 1. The molecular formula is C25H23N3OS. The zero-order valence-electron chi connectivity index (χ0n) is 16.7. The summed E-state index contributed by atoms with van der Waals surface area (Å²) in [5, 5.41) is 4.17. The van der Waals surface area contributed by atoms with E-state index in [9.17, 15) is 4.79 Å². The number of benzene rings is 3. The number of thioether (sulfide) groups is 1. The lowest BCUT2D eigenvalue weighted by Gasteiger charge is -2.20. The SMILES string of the molecule is Cn1ccnc1SCc1ccc(C(=O)NC(c2ccccc2)c2ccccc2)cc1. The maximum Gasteiger partial charge on any atom is 0.252 e. The van der Waals surface area contributed by atoms with Crippen LogP contribution in [0.2, 0.25) is 0 Å². The highest BCUT2D eigenvalue weighted by atomic mass is 32.2. The molecule has 4 aromatic rings. The Morgan fingerprint density at radius 2 is 1.53 bits per heavy atom. The van der Waals surface area contributed by atoms with Gasteiger partial charge in [-0.25, -0.2) is 4.98 Å². The highest BCUT2D eigenvalue weighted by Gasteiger charge is 2.17. The Labute approximate surface area is 181 Å². The van der Waals surface area contributed by atoms with E-state index in [1.54, 1.807) is 18.0 Å². The molecule has 0 aliphatic carbocycles. The summed E-state index contributed by atoms with van der Waals surface area (Å²) in [4.78, 5) is 17.3. The first-order chi connectivity index (χ1) is 14.7. The smallest absolute Gasteiger partial charge is 0.252 e. The number of carbonyl (C=O) groups excluding carboxylic acids is 1. The third-order valence-corrected chi connectivity index (χ3v) is 6.03. The van der Waals surface area contributed by atoms with Crippen molar-refractivity contribution >= 4 is 17.7 Å². The Morgan fingerprint density at radius 1 is 0.933 bits per heavy atom. The van der Waals surface area contributed by atoms with Crippen LogP contribution in [0.3, 0.4) is 0 Å². The molecule has 0 spiro atoms. The molecule has 1 N–H and O–H groups in total. The van der Waals surface area contributed by atoms with Crippen molar-refractivity contribution in [1.29, 1.82) is 0 Å². The van der Waals surface area contributed by atoms with Crippen LogP contribution in [0.4, 0.5) is 0 Å². The van der Waals surface area contributed by atoms with E-state index >= 15 is 0 Å². The van der Waals surface area contributed by atoms with E-state index in [-0.39, 0.29) is 11.9 Å². The fourth-order valence-electron chi connectivity index (χ4n) is 3.26. The monoisotopic (exact) mass is 413 g/mol. The highest BCUT2D eigenvalue weighted by molar-refractivity contribution is 7.98. The highest BCUT2D eigenvalue weighted by Crippen LogP contribution is 2.23. The number of aryl methyl sites for hydroxylation is 1. The first-order valence-corrected chi connectivity index (χ1v) is 10.8. The molecule has 150 valence electrons. The summed E-state index contributed by atoms with van der Waals surface area (Å²) in [6.07, 6.45) is 3.73. The van der Waals surface area contributed by atoms with Gasteiger partial charge >= 0.3 is 0 Å². The number of nitrogens with one attached hydrogen (secondary N) is 1. The molecule has 3 aromatic carbocycles. The molecule has 0 aliphatic rings. The van der Waals surface area contributed by atoms with E-state index < -0.39 is 0 Å². The fourth-order valence-corrected chi connectivity index (χ4v) is 4.14. The van der Waals surface area contributed by atoms with Gasteiger partial charge < -0.3 is 9.88 Å². The van der Waals surface area contributed by atoms with Crippen LogP contribution in [-0.2, 0) is 12.8 Å². The molecule has 0 saturated heterocycles. The van der Waals surface area contributed by atoms with Crippen molar-refractivity contribution in [1.82, 2.24) is 14.9 Å². The summed E-state index contributed by atoms with van der Waals surface area (Å²) in [7, 11) is 1.98. The van der Waals surface area contributed by atoms with Gasteiger partial charge in [0.05, 0.1) is 6.04 Å². The largest absolute Gasteiger partial charge is 0.341 e. The Hall–Kier alpha value is -3.31. The number of aromatic nitrogens is 2. The second kappa shape index (κ2) is 9.46. The molecule has 30 heavy (non-hydrogen) atoms. The minimum atomic E-state index is -0.196. The molecular weight excluding hydrogens is 390 g/mol. The van der Waals surface area contributed by atoms with Gasteiger partial charge in [0.2, 0.25) is 0 Å². The number of carbonyl (C=O) groups is 1. The van der Waals surface area contributed by atoms with Crippen LogP contribution in [0.15, 0.2) is 102 Å². The van der Waals surface area contributed by atoms with E-state index in [1.807, 2.05) is 103 Å². The molecule has 0 fully saturated rings. The summed E-state index contributed by atoms with van der Waals surface area (Å²) in [6, 6.07) is 27.7. The standard InChI is InChI=1S/C25H23N3OS/c1-28-17-16-26-25(28)30-18-19-12-14-22(15-13-19)24(29)27-23(20-8-4-2-5-9-20)21-10-6-3-7-11-21/h2-17,23H,18H2,1H3,(H,27,29). The number of imidazole rings is 1. The second-order valence-electron chi connectivity index (χ2n) is 7.03. The van der Waals surface area contributed by atoms with Crippen LogP contribution in [0.5, 0.6) is 0 Å². The van der Waals surface area contributed by atoms with Crippen molar-refractivity contribution in [2.75, 3.05) is 0 Å². The van der Waals surface area contributed by atoms with Crippen molar-refractivity contribution in [2.45, 2.75) is 17.0 Å². The Morgan fingerprint density at radius 3 is 2.07 bits per heavy atom. The first-order valence-electron chi connectivity index (χ1n) is 9.80. The van der Waals surface area contributed by atoms with E-state index in [1.165, 1.54) is 0 Å². The number of hydrogen-bond acceptors (Lipinski definition) is 3. The molecule has 1 amide bonds. The zero-order valence-corrected chi connectivity index (χ0v) is 17.5. The van der Waals surface area contributed by atoms with Crippen LogP contribution < -0.4 is 5.32 Å². The van der Waals surface area contributed by atoms with Gasteiger partial charge in [-0.1, -0.05) is 84.6 Å². The van der Waals surface area contributed by atoms with E-state index in [4.69, 9.17) is 0 Å². The summed E-state index contributed by atoms with van der Waals surface area (Å²) < 4.78 is 2.00. The topological polar surface area (TPSA) is 46.9 Å². The molecule has 0 aliphatic heterocycles.